The topological polar surface area (TPSA) is 78.3 Å². The first-order valence-corrected chi connectivity index (χ1v) is 7.84. The first kappa shape index (κ1) is 14.3. The zero-order valence-corrected chi connectivity index (χ0v) is 12.4. The summed E-state index contributed by atoms with van der Waals surface area (Å²) in [5.74, 6) is -0.611. The molecule has 3 aromatic rings. The minimum atomic E-state index is -3.84. The Bertz CT molecular complexity index is 946. The maximum Gasteiger partial charge on any atom is 0.340 e. The lowest BCUT2D eigenvalue weighted by Crippen LogP contribution is -2.12. The maximum absolute atomic E-state index is 12.7. The van der Waals surface area contributed by atoms with Crippen LogP contribution in [0.25, 0.3) is 11.0 Å². The zero-order chi connectivity index (χ0) is 15.7. The van der Waals surface area contributed by atoms with Crippen LogP contribution in [0.15, 0.2) is 59.8 Å². The summed E-state index contributed by atoms with van der Waals surface area (Å²) in [6, 6.07) is 11.2. The predicted octanol–water partition coefficient (Wildman–Crippen LogP) is 2.06. The minimum absolute atomic E-state index is 0.119. The van der Waals surface area contributed by atoms with E-state index in [0.29, 0.717) is 5.39 Å². The molecule has 3 rings (SSSR count). The molecule has 0 aliphatic carbocycles. The van der Waals surface area contributed by atoms with E-state index in [9.17, 15) is 13.2 Å². The van der Waals surface area contributed by atoms with Gasteiger partial charge in [0.05, 0.1) is 17.6 Å². The Morgan fingerprint density at radius 3 is 2.55 bits per heavy atom. The first-order valence-electron chi connectivity index (χ1n) is 6.40. The van der Waals surface area contributed by atoms with E-state index in [1.807, 2.05) is 0 Å². The van der Waals surface area contributed by atoms with Gasteiger partial charge in [-0.05, 0) is 24.3 Å². The summed E-state index contributed by atoms with van der Waals surface area (Å²) in [5.41, 5.74) is 0.344. The van der Waals surface area contributed by atoms with Gasteiger partial charge in [-0.2, -0.15) is 0 Å². The Labute approximate surface area is 127 Å². The molecule has 6 nitrogen and oxygen atoms in total. The Kier molecular flexibility index (Phi) is 3.42. The second-order valence-electron chi connectivity index (χ2n) is 4.52. The third-order valence-corrected chi connectivity index (χ3v) is 4.90. The van der Waals surface area contributed by atoms with Gasteiger partial charge in [-0.15, -0.1) is 0 Å². The van der Waals surface area contributed by atoms with Gasteiger partial charge in [0.25, 0.3) is 10.0 Å². The quantitative estimate of drug-likeness (QED) is 0.691. The van der Waals surface area contributed by atoms with Crippen molar-refractivity contribution in [3.8, 4) is 0 Å². The van der Waals surface area contributed by atoms with E-state index in [0.717, 1.165) is 3.97 Å². The molecule has 7 heteroatoms. The van der Waals surface area contributed by atoms with Gasteiger partial charge in [0.1, 0.15) is 0 Å². The van der Waals surface area contributed by atoms with Gasteiger partial charge in [0.2, 0.25) is 0 Å². The van der Waals surface area contributed by atoms with Gasteiger partial charge in [0.15, 0.2) is 5.65 Å². The fourth-order valence-electron chi connectivity index (χ4n) is 2.19. The Morgan fingerprint density at radius 2 is 1.86 bits per heavy atom. The summed E-state index contributed by atoms with van der Waals surface area (Å²) in [4.78, 5) is 16.1. The van der Waals surface area contributed by atoms with Crippen molar-refractivity contribution >= 4 is 27.0 Å². The van der Waals surface area contributed by atoms with Crippen LogP contribution in [0.5, 0.6) is 0 Å². The highest BCUT2D eigenvalue weighted by Gasteiger charge is 2.24. The second kappa shape index (κ2) is 5.27. The molecule has 22 heavy (non-hydrogen) atoms. The number of benzene rings is 1. The molecule has 0 aliphatic rings. The molecule has 2 heterocycles. The molecule has 0 saturated carbocycles. The Balaban J connectivity index is 2.31. The molecule has 0 unspecified atom stereocenters. The lowest BCUT2D eigenvalue weighted by Gasteiger charge is -2.06. The van der Waals surface area contributed by atoms with E-state index < -0.39 is 16.0 Å². The normalized spacial score (nSPS) is 11.5. The highest BCUT2D eigenvalue weighted by atomic mass is 32.2. The van der Waals surface area contributed by atoms with Crippen molar-refractivity contribution in [2.45, 2.75) is 4.90 Å². The monoisotopic (exact) mass is 316 g/mol. The van der Waals surface area contributed by atoms with Crippen LogP contribution in [-0.2, 0) is 14.8 Å². The average molecular weight is 316 g/mol. The molecular formula is C15H12N2O4S. The smallest absolute Gasteiger partial charge is 0.340 e. The van der Waals surface area contributed by atoms with Crippen LogP contribution >= 0.6 is 0 Å². The first-order chi connectivity index (χ1) is 10.6. The highest BCUT2D eigenvalue weighted by molar-refractivity contribution is 7.90. The molecule has 0 spiro atoms. The zero-order valence-electron chi connectivity index (χ0n) is 11.6. The number of hydrogen-bond donors (Lipinski definition) is 0. The Hall–Kier alpha value is -2.67. The molecule has 0 radical (unpaired) electrons. The van der Waals surface area contributed by atoms with Gasteiger partial charge in [0, 0.05) is 17.8 Å². The van der Waals surface area contributed by atoms with Gasteiger partial charge in [-0.25, -0.2) is 22.2 Å². The standard InChI is InChI=1S/C15H12N2O4S/c1-21-15(18)13-10-17(14-12(13)8-5-9-16-14)22(19,20)11-6-3-2-4-7-11/h2-10H,1H3. The SMILES string of the molecule is COC(=O)c1cn(S(=O)(=O)c2ccccc2)c2ncccc12. The van der Waals surface area contributed by atoms with Crippen LogP contribution < -0.4 is 0 Å². The number of pyridine rings is 1. The largest absolute Gasteiger partial charge is 0.465 e. The van der Waals surface area contributed by atoms with Crippen LogP contribution in [0, 0.1) is 0 Å². The lowest BCUT2D eigenvalue weighted by molar-refractivity contribution is 0.0603. The van der Waals surface area contributed by atoms with Crippen LogP contribution in [0.2, 0.25) is 0 Å². The number of aromatic nitrogens is 2. The number of hydrogen-bond acceptors (Lipinski definition) is 5. The van der Waals surface area contributed by atoms with Crippen molar-refractivity contribution in [3.63, 3.8) is 0 Å². The van der Waals surface area contributed by atoms with Gasteiger partial charge in [-0.3, -0.25) is 0 Å². The third kappa shape index (κ3) is 2.15. The van der Waals surface area contributed by atoms with Gasteiger partial charge >= 0.3 is 5.97 Å². The number of rotatable bonds is 3. The fraction of sp³-hybridized carbons (Fsp3) is 0.0667. The van der Waals surface area contributed by atoms with E-state index in [1.165, 1.54) is 31.6 Å². The second-order valence-corrected chi connectivity index (χ2v) is 6.34. The maximum atomic E-state index is 12.7. The average Bonchev–Trinajstić information content (AvgIpc) is 2.95. The van der Waals surface area contributed by atoms with Crippen molar-refractivity contribution in [1.29, 1.82) is 0 Å². The van der Waals surface area contributed by atoms with Crippen molar-refractivity contribution < 1.29 is 17.9 Å². The molecule has 0 atom stereocenters. The van der Waals surface area contributed by atoms with Crippen molar-refractivity contribution in [1.82, 2.24) is 8.96 Å². The molecule has 0 saturated heterocycles. The number of esters is 1. The summed E-state index contributed by atoms with van der Waals surface area (Å²) in [6.07, 6.45) is 2.71. The summed E-state index contributed by atoms with van der Waals surface area (Å²) in [7, 11) is -2.60. The van der Waals surface area contributed by atoms with Crippen molar-refractivity contribution in [3.05, 3.63) is 60.4 Å². The van der Waals surface area contributed by atoms with Gasteiger partial charge < -0.3 is 4.74 Å². The third-order valence-electron chi connectivity index (χ3n) is 3.24. The van der Waals surface area contributed by atoms with E-state index in [4.69, 9.17) is 4.74 Å². The fourth-order valence-corrected chi connectivity index (χ4v) is 3.54. The van der Waals surface area contributed by atoms with Crippen molar-refractivity contribution in [2.75, 3.05) is 7.11 Å². The molecule has 0 fully saturated rings. The molecule has 0 aliphatic heterocycles. The summed E-state index contributed by atoms with van der Waals surface area (Å²) >= 11 is 0. The van der Waals surface area contributed by atoms with Crippen molar-refractivity contribution in [2.24, 2.45) is 0 Å². The van der Waals surface area contributed by atoms with E-state index in [1.54, 1.807) is 30.3 Å². The Morgan fingerprint density at radius 1 is 1.14 bits per heavy atom. The molecule has 0 N–H and O–H groups in total. The number of fused-ring (bicyclic) bond motifs is 1. The van der Waals surface area contributed by atoms with Crippen LogP contribution in [0.3, 0.4) is 0 Å². The summed E-state index contributed by atoms with van der Waals surface area (Å²) in [5, 5.41) is 0.425. The van der Waals surface area contributed by atoms with E-state index >= 15 is 0 Å². The van der Waals surface area contributed by atoms with Crippen LogP contribution in [0.4, 0.5) is 0 Å². The number of carbonyl (C=O) groups excluding carboxylic acids is 1. The predicted molar refractivity (Wildman–Crippen MR) is 80.1 cm³/mol. The number of ether oxygens (including phenoxy) is 1. The molecule has 0 amide bonds. The van der Waals surface area contributed by atoms with Crippen LogP contribution in [-0.4, -0.2) is 30.5 Å². The van der Waals surface area contributed by atoms with Gasteiger partial charge in [-0.1, -0.05) is 18.2 Å². The molecule has 112 valence electrons. The lowest BCUT2D eigenvalue weighted by atomic mass is 10.2. The minimum Gasteiger partial charge on any atom is -0.465 e. The van der Waals surface area contributed by atoms with E-state index in [2.05, 4.69) is 4.98 Å². The summed E-state index contributed by atoms with van der Waals surface area (Å²) in [6.45, 7) is 0. The van der Waals surface area contributed by atoms with Crippen LogP contribution in [0.1, 0.15) is 10.4 Å². The molecule has 1 aromatic carbocycles. The molecule has 2 aromatic heterocycles. The number of nitrogens with zero attached hydrogens (tertiary/aromatic N) is 2. The highest BCUT2D eigenvalue weighted by Crippen LogP contribution is 2.24. The molecule has 0 bridgehead atoms. The summed E-state index contributed by atoms with van der Waals surface area (Å²) < 4.78 is 31.2. The number of carbonyl (C=O) groups is 1. The molecular weight excluding hydrogens is 304 g/mol. The number of methoxy groups -OCH3 is 1. The van der Waals surface area contributed by atoms with E-state index in [-0.39, 0.29) is 16.1 Å².